The van der Waals surface area contributed by atoms with Crippen molar-refractivity contribution in [1.29, 1.82) is 0 Å². The summed E-state index contributed by atoms with van der Waals surface area (Å²) in [5.74, 6) is -1.87. The molecule has 5 heteroatoms. The highest BCUT2D eigenvalue weighted by atomic mass is 28.4. The second-order valence-electron chi connectivity index (χ2n) is 7.09. The average molecular weight is 405 g/mol. The van der Waals surface area contributed by atoms with Gasteiger partial charge < -0.3 is 19.6 Å². The van der Waals surface area contributed by atoms with Crippen LogP contribution in [0.15, 0.2) is 91.0 Å². The van der Waals surface area contributed by atoms with Crippen molar-refractivity contribution in [3.63, 3.8) is 0 Å². The molecule has 3 aromatic carbocycles. The summed E-state index contributed by atoms with van der Waals surface area (Å²) in [7, 11) is -1.21. The van der Waals surface area contributed by atoms with Crippen molar-refractivity contribution >= 4 is 29.8 Å². The van der Waals surface area contributed by atoms with E-state index in [1.165, 1.54) is 0 Å². The minimum Gasteiger partial charge on any atom is -0.550 e. The van der Waals surface area contributed by atoms with E-state index in [1.807, 2.05) is 61.5 Å². The maximum Gasteiger partial charge on any atom is 0.288 e. The molecule has 2 unspecified atom stereocenters. The molecule has 0 aliphatic heterocycles. The molecular weight excluding hydrogens is 378 g/mol. The minimum absolute atomic E-state index is 0.284. The summed E-state index contributed by atoms with van der Waals surface area (Å²) in [4.78, 5) is 11.8. The summed E-state index contributed by atoms with van der Waals surface area (Å²) in [6.45, 7) is 2.11. The lowest BCUT2D eigenvalue weighted by molar-refractivity contribution is -0.313. The molecule has 0 aliphatic rings. The van der Waals surface area contributed by atoms with Crippen molar-refractivity contribution in [2.24, 2.45) is 5.92 Å². The maximum absolute atomic E-state index is 11.8. The topological polar surface area (TPSA) is 61.4 Å². The highest BCUT2D eigenvalue weighted by Gasteiger charge is 2.44. The van der Waals surface area contributed by atoms with Gasteiger partial charge in [-0.25, -0.2) is 0 Å². The molecule has 2 atom stereocenters. The summed E-state index contributed by atoms with van der Waals surface area (Å²) in [6.07, 6.45) is -0.542. The first kappa shape index (κ1) is 21.0. The summed E-state index contributed by atoms with van der Waals surface area (Å²) in [5.41, 5.74) is 0. The fraction of sp³-hybridized carbons (Fsp3) is 0.208. The van der Waals surface area contributed by atoms with E-state index in [4.69, 9.17) is 4.43 Å². The monoisotopic (exact) mass is 404 g/mol. The van der Waals surface area contributed by atoms with Gasteiger partial charge in [-0.05, 0) is 29.5 Å². The summed E-state index contributed by atoms with van der Waals surface area (Å²) in [5, 5.41) is 18.0. The van der Waals surface area contributed by atoms with Gasteiger partial charge in [0.2, 0.25) is 0 Å². The quantitative estimate of drug-likeness (QED) is 0.420. The number of hydrogen-bond acceptors (Lipinski definition) is 4. The van der Waals surface area contributed by atoms with Gasteiger partial charge in [0.05, 0.1) is 6.10 Å². The van der Waals surface area contributed by atoms with Gasteiger partial charge in [-0.1, -0.05) is 91.0 Å². The van der Waals surface area contributed by atoms with Crippen molar-refractivity contribution in [1.82, 2.24) is 5.32 Å². The van der Waals surface area contributed by atoms with Gasteiger partial charge in [-0.2, -0.15) is 0 Å². The van der Waals surface area contributed by atoms with Gasteiger partial charge in [0.15, 0.2) is 0 Å². The van der Waals surface area contributed by atoms with Crippen LogP contribution in [0.3, 0.4) is 0 Å². The Balaban J connectivity index is 2.21. The van der Waals surface area contributed by atoms with Crippen LogP contribution in [-0.2, 0) is 9.22 Å². The van der Waals surface area contributed by atoms with Crippen LogP contribution in [0.25, 0.3) is 0 Å². The number of benzene rings is 3. The molecule has 0 aliphatic carbocycles. The van der Waals surface area contributed by atoms with Crippen LogP contribution < -0.4 is 26.0 Å². The number of carbonyl (C=O) groups excluding carboxylic acids is 1. The zero-order chi connectivity index (χ0) is 20.7. The van der Waals surface area contributed by atoms with Crippen LogP contribution >= 0.6 is 0 Å². The predicted molar refractivity (Wildman–Crippen MR) is 117 cm³/mol. The number of aliphatic carboxylic acids is 1. The van der Waals surface area contributed by atoms with E-state index in [0.29, 0.717) is 0 Å². The first-order valence-electron chi connectivity index (χ1n) is 9.79. The largest absolute Gasteiger partial charge is 0.550 e. The van der Waals surface area contributed by atoms with Gasteiger partial charge >= 0.3 is 0 Å². The van der Waals surface area contributed by atoms with Crippen LogP contribution in [0.2, 0.25) is 0 Å². The van der Waals surface area contributed by atoms with Gasteiger partial charge in [0, 0.05) is 18.4 Å². The minimum atomic E-state index is -2.94. The van der Waals surface area contributed by atoms with Crippen molar-refractivity contribution in [2.45, 2.75) is 13.0 Å². The third-order valence-electron chi connectivity index (χ3n) is 5.20. The Hall–Kier alpha value is -2.73. The Kier molecular flexibility index (Phi) is 6.98. The summed E-state index contributed by atoms with van der Waals surface area (Å²) >= 11 is 0. The molecule has 0 bridgehead atoms. The van der Waals surface area contributed by atoms with Gasteiger partial charge in [-0.15, -0.1) is 0 Å². The molecule has 0 amide bonds. The van der Waals surface area contributed by atoms with Crippen molar-refractivity contribution in [2.75, 3.05) is 13.6 Å². The maximum atomic E-state index is 11.8. The average Bonchev–Trinajstić information content (AvgIpc) is 2.77. The molecule has 0 saturated heterocycles. The molecule has 3 rings (SSSR count). The molecule has 1 N–H and O–H groups in total. The third kappa shape index (κ3) is 4.48. The molecule has 0 radical (unpaired) electrons. The van der Waals surface area contributed by atoms with E-state index in [9.17, 15) is 9.90 Å². The molecule has 29 heavy (non-hydrogen) atoms. The number of hydrogen-bond donors (Lipinski definition) is 1. The van der Waals surface area contributed by atoms with Gasteiger partial charge in [-0.3, -0.25) is 0 Å². The highest BCUT2D eigenvalue weighted by Crippen LogP contribution is 2.16. The third-order valence-corrected chi connectivity index (χ3v) is 9.36. The highest BCUT2D eigenvalue weighted by molar-refractivity contribution is 7.07. The predicted octanol–water partition coefficient (Wildman–Crippen LogP) is 0.644. The van der Waals surface area contributed by atoms with E-state index in [-0.39, 0.29) is 6.54 Å². The number of carbonyl (C=O) groups is 1. The lowest BCUT2D eigenvalue weighted by Gasteiger charge is -2.38. The number of carboxylic acids is 1. The Morgan fingerprint density at radius 1 is 0.862 bits per heavy atom. The molecule has 4 nitrogen and oxygen atoms in total. The first-order valence-corrected chi connectivity index (χ1v) is 11.7. The Morgan fingerprint density at radius 3 is 1.55 bits per heavy atom. The van der Waals surface area contributed by atoms with Crippen LogP contribution in [0.4, 0.5) is 0 Å². The SMILES string of the molecule is CNCC(C(=O)[O-])C(C)O[Si](c1ccccc1)(c1ccccc1)c1ccccc1. The second-order valence-corrected chi connectivity index (χ2v) is 10.4. The van der Waals surface area contributed by atoms with Crippen LogP contribution in [0, 0.1) is 5.92 Å². The fourth-order valence-corrected chi connectivity index (χ4v) is 7.86. The Bertz CT molecular complexity index is 807. The van der Waals surface area contributed by atoms with E-state index in [1.54, 1.807) is 7.05 Å². The normalized spacial score (nSPS) is 13.6. The lowest BCUT2D eigenvalue weighted by Crippen LogP contribution is -2.71. The standard InChI is InChI=1S/C24H27NO3Si/c1-19(23(18-25-2)24(26)27)28-29(20-12-6-3-7-13-20,21-14-8-4-9-15-21)22-16-10-5-11-17-22/h3-17,19,23,25H,18H2,1-2H3,(H,26,27)/p-1. The molecule has 3 aromatic rings. The van der Waals surface area contributed by atoms with Crippen molar-refractivity contribution in [3.8, 4) is 0 Å². The van der Waals surface area contributed by atoms with Crippen molar-refractivity contribution < 1.29 is 14.3 Å². The molecule has 0 spiro atoms. The molecule has 150 valence electrons. The van der Waals surface area contributed by atoms with Crippen molar-refractivity contribution in [3.05, 3.63) is 91.0 Å². The summed E-state index contributed by atoms with van der Waals surface area (Å²) in [6, 6.07) is 30.4. The number of nitrogens with one attached hydrogen (secondary N) is 1. The Labute approximate surface area is 173 Å². The fourth-order valence-electron chi connectivity index (χ4n) is 3.74. The first-order chi connectivity index (χ1) is 14.1. The lowest BCUT2D eigenvalue weighted by atomic mass is 10.0. The molecular formula is C24H26NO3Si-. The van der Waals surface area contributed by atoms with E-state index < -0.39 is 26.3 Å². The zero-order valence-electron chi connectivity index (χ0n) is 16.7. The van der Waals surface area contributed by atoms with E-state index in [0.717, 1.165) is 15.6 Å². The molecule has 0 fully saturated rings. The molecule has 0 saturated carbocycles. The van der Waals surface area contributed by atoms with Gasteiger partial charge in [0.1, 0.15) is 0 Å². The van der Waals surface area contributed by atoms with Crippen LogP contribution in [0.1, 0.15) is 6.92 Å². The van der Waals surface area contributed by atoms with E-state index in [2.05, 4.69) is 41.7 Å². The number of rotatable bonds is 9. The van der Waals surface area contributed by atoms with Gasteiger partial charge in [0.25, 0.3) is 8.32 Å². The molecule has 0 aromatic heterocycles. The Morgan fingerprint density at radius 2 is 1.24 bits per heavy atom. The second kappa shape index (κ2) is 9.65. The number of carboxylic acid groups (broad SMARTS) is 1. The zero-order valence-corrected chi connectivity index (χ0v) is 17.7. The summed E-state index contributed by atoms with van der Waals surface area (Å²) < 4.78 is 6.85. The van der Waals surface area contributed by atoms with Crippen LogP contribution in [-0.4, -0.2) is 34.0 Å². The van der Waals surface area contributed by atoms with Crippen LogP contribution in [0.5, 0.6) is 0 Å². The molecule has 0 heterocycles. The van der Waals surface area contributed by atoms with E-state index >= 15 is 0 Å². The smallest absolute Gasteiger partial charge is 0.288 e.